The first-order valence-electron chi connectivity index (χ1n) is 17.1. The summed E-state index contributed by atoms with van der Waals surface area (Å²) < 4.78 is 6.91. The Morgan fingerprint density at radius 1 is 1.12 bits per heavy atom. The van der Waals surface area contributed by atoms with Crippen LogP contribution in [0.5, 0.6) is 0 Å². The zero-order valence-corrected chi connectivity index (χ0v) is 28.3. The Kier molecular flexibility index (Phi) is 9.94. The number of fused-ring (bicyclic) bond motifs is 1. The number of carbonyl (C=O) groups excluding carboxylic acids is 5. The molecule has 2 aromatic heterocycles. The number of aromatic nitrogens is 5. The van der Waals surface area contributed by atoms with Crippen molar-refractivity contribution in [2.75, 3.05) is 19.8 Å². The first kappa shape index (κ1) is 35.0. The number of nitrogens with one attached hydrogen (secondary N) is 2. The van der Waals surface area contributed by atoms with E-state index in [2.05, 4.69) is 30.8 Å². The quantitative estimate of drug-likeness (QED) is 0.177. The molecule has 0 radical (unpaired) electrons. The molecule has 2 saturated heterocycles. The molecule has 6 rings (SSSR count). The van der Waals surface area contributed by atoms with Gasteiger partial charge in [0.25, 0.3) is 17.7 Å². The number of carbonyl (C=O) groups is 5. The Labute approximate surface area is 288 Å². The summed E-state index contributed by atoms with van der Waals surface area (Å²) in [6, 6.07) is 3.24. The third-order valence-electron chi connectivity index (χ3n) is 10.1. The summed E-state index contributed by atoms with van der Waals surface area (Å²) in [5.41, 5.74) is 3.79. The monoisotopic (exact) mass is 689 g/mol. The predicted octanol–water partition coefficient (Wildman–Crippen LogP) is 1.50. The summed E-state index contributed by atoms with van der Waals surface area (Å²) in [4.78, 5) is 73.5. The molecule has 2 atom stereocenters. The number of rotatable bonds is 10. The minimum Gasteiger partial charge on any atom is -0.384 e. The first-order valence-corrected chi connectivity index (χ1v) is 17.1. The van der Waals surface area contributed by atoms with Gasteiger partial charge in [0, 0.05) is 50.0 Å². The second-order valence-electron chi connectivity index (χ2n) is 14.1. The van der Waals surface area contributed by atoms with Gasteiger partial charge in [-0.25, -0.2) is 9.67 Å². The number of H-pyrrole nitrogens is 1. The van der Waals surface area contributed by atoms with Gasteiger partial charge < -0.3 is 25.8 Å². The zero-order chi connectivity index (χ0) is 35.6. The molecule has 0 bridgehead atoms. The number of nitrogens with two attached hydrogens (primary N) is 1. The molecular weight excluding hydrogens is 646 g/mol. The molecule has 266 valence electrons. The van der Waals surface area contributed by atoms with Crippen molar-refractivity contribution in [1.82, 2.24) is 35.4 Å². The highest BCUT2D eigenvalue weighted by Crippen LogP contribution is 2.34. The van der Waals surface area contributed by atoms with Crippen LogP contribution in [0.3, 0.4) is 0 Å². The van der Waals surface area contributed by atoms with Crippen LogP contribution in [-0.2, 0) is 29.5 Å². The summed E-state index contributed by atoms with van der Waals surface area (Å²) in [6.07, 6.45) is 8.25. The lowest BCUT2D eigenvalue weighted by atomic mass is 9.84. The van der Waals surface area contributed by atoms with Gasteiger partial charge >= 0.3 is 0 Å². The molecule has 3 aliphatic rings. The highest BCUT2D eigenvalue weighted by atomic mass is 16.5. The number of aliphatic hydroxyl groups is 1. The van der Waals surface area contributed by atoms with E-state index in [4.69, 9.17) is 10.5 Å². The average Bonchev–Trinajstić information content (AvgIpc) is 3.87. The number of hydrogen-bond donors (Lipinski definition) is 4. The molecule has 1 aromatic carbocycles. The summed E-state index contributed by atoms with van der Waals surface area (Å²) >= 11 is 0. The molecule has 50 heavy (non-hydrogen) atoms. The number of benzene rings is 1. The van der Waals surface area contributed by atoms with Gasteiger partial charge in [0.2, 0.25) is 11.7 Å². The van der Waals surface area contributed by atoms with Gasteiger partial charge in [-0.05, 0) is 38.3 Å². The van der Waals surface area contributed by atoms with Gasteiger partial charge in [0.05, 0.1) is 29.6 Å². The van der Waals surface area contributed by atoms with Crippen molar-refractivity contribution in [2.24, 2.45) is 16.6 Å². The van der Waals surface area contributed by atoms with Gasteiger partial charge in [-0.2, -0.15) is 5.10 Å². The molecule has 5 N–H and O–H groups in total. The number of ether oxygens (including phenoxy) is 1. The Morgan fingerprint density at radius 3 is 2.56 bits per heavy atom. The Hall–Kier alpha value is -4.83. The van der Waals surface area contributed by atoms with Crippen LogP contribution in [0.2, 0.25) is 0 Å². The van der Waals surface area contributed by atoms with Crippen molar-refractivity contribution in [2.45, 2.75) is 94.9 Å². The van der Waals surface area contributed by atoms with Crippen molar-refractivity contribution in [3.8, 4) is 0 Å². The molecule has 0 unspecified atom stereocenters. The highest BCUT2D eigenvalue weighted by Gasteiger charge is 2.49. The number of ketones is 1. The summed E-state index contributed by atoms with van der Waals surface area (Å²) in [5.74, 6) is -3.88. The standard InChI is InChI=1S/C34H43N9O7/c1-33(2,49)27-18-37-41-43(27)23-16-26(31(47)39-34(28(44)29(35)45)10-12-50-13-11-34)42(19-23)32(48)25(14-20-6-4-3-5-7-20)38-30(46)21-8-9-22-17-36-40-24(22)15-21/h8-9,15,17-18,20,23,26,49H,3-7,10-14,16,19H2,1-2H3,(H2,35,45)(H,36,40)(H,39,47)/t23-,26-/m0/s1. The van der Waals surface area contributed by atoms with Gasteiger partial charge in [-0.3, -0.25) is 29.1 Å². The maximum Gasteiger partial charge on any atom is 0.287 e. The smallest absolute Gasteiger partial charge is 0.287 e. The Balaban J connectivity index is 1.36. The number of primary amides is 1. The fourth-order valence-corrected chi connectivity index (χ4v) is 7.37. The molecule has 1 aliphatic carbocycles. The molecule has 0 spiro atoms. The van der Waals surface area contributed by atoms with E-state index in [1.807, 2.05) is 0 Å². The van der Waals surface area contributed by atoms with Crippen LogP contribution in [0.25, 0.3) is 10.9 Å². The van der Waals surface area contributed by atoms with Crippen LogP contribution < -0.4 is 11.1 Å². The first-order chi connectivity index (χ1) is 23.9. The van der Waals surface area contributed by atoms with E-state index < -0.39 is 52.6 Å². The highest BCUT2D eigenvalue weighted by molar-refractivity contribution is 6.41. The number of hydrogen-bond acceptors (Lipinski definition) is 10. The molecule has 4 amide bonds. The lowest BCUT2D eigenvalue weighted by Gasteiger charge is -2.37. The normalized spacial score (nSPS) is 21.7. The maximum absolute atomic E-state index is 14.7. The van der Waals surface area contributed by atoms with E-state index >= 15 is 0 Å². The molecule has 2 aliphatic heterocycles. The Bertz CT molecular complexity index is 1810. The largest absolute Gasteiger partial charge is 0.384 e. The fourth-order valence-electron chi connectivity index (χ4n) is 7.37. The molecule has 1 saturated carbocycles. The van der Waals surface area contributed by atoms with Crippen LogP contribution in [0.4, 0.5) is 0 Å². The molecule has 16 heteroatoms. The van der Waals surface area contributed by atoms with Crippen molar-refractivity contribution in [3.05, 3.63) is 41.9 Å². The van der Waals surface area contributed by atoms with E-state index in [9.17, 15) is 29.1 Å². The molecule has 3 aromatic rings. The maximum atomic E-state index is 14.7. The van der Waals surface area contributed by atoms with Crippen LogP contribution in [-0.4, -0.2) is 102 Å². The second kappa shape index (κ2) is 14.2. The molecular formula is C34H43N9O7. The van der Waals surface area contributed by atoms with Gasteiger partial charge in [-0.1, -0.05) is 43.4 Å². The number of nitrogens with zero attached hydrogens (tertiary/aromatic N) is 6. The number of aliphatic imine (C=N–C) groups is 1. The third-order valence-corrected chi connectivity index (χ3v) is 10.1. The average molecular weight is 690 g/mol. The van der Waals surface area contributed by atoms with Crippen molar-refractivity contribution >= 4 is 46.0 Å². The number of amides is 4. The van der Waals surface area contributed by atoms with Crippen molar-refractivity contribution in [3.63, 3.8) is 0 Å². The topological polar surface area (TPSA) is 228 Å². The molecule has 4 heterocycles. The van der Waals surface area contributed by atoms with Crippen molar-refractivity contribution < 1.29 is 33.8 Å². The van der Waals surface area contributed by atoms with E-state index in [-0.39, 0.29) is 62.6 Å². The lowest BCUT2D eigenvalue weighted by molar-refractivity contribution is -0.146. The summed E-state index contributed by atoms with van der Waals surface area (Å²) in [5, 5.41) is 29.5. The Morgan fingerprint density at radius 2 is 1.86 bits per heavy atom. The minimum atomic E-state index is -1.60. The zero-order valence-electron chi connectivity index (χ0n) is 28.3. The van der Waals surface area contributed by atoms with E-state index in [0.717, 1.165) is 37.5 Å². The third kappa shape index (κ3) is 7.21. The van der Waals surface area contributed by atoms with Crippen LogP contribution in [0.1, 0.15) is 93.7 Å². The van der Waals surface area contributed by atoms with E-state index in [1.54, 1.807) is 38.2 Å². The van der Waals surface area contributed by atoms with Gasteiger partial charge in [-0.15, -0.1) is 5.10 Å². The molecule has 16 nitrogen and oxygen atoms in total. The van der Waals surface area contributed by atoms with Crippen molar-refractivity contribution in [1.29, 1.82) is 0 Å². The number of Topliss-reactive ketones (excluding diaryl/α,β-unsaturated/α-hetero) is 1. The van der Waals surface area contributed by atoms with E-state index in [1.165, 1.54) is 15.8 Å². The molecule has 3 fully saturated rings. The lowest BCUT2D eigenvalue weighted by Crippen LogP contribution is -2.63. The predicted molar refractivity (Wildman–Crippen MR) is 179 cm³/mol. The summed E-state index contributed by atoms with van der Waals surface area (Å²) in [6.45, 7) is 3.37. The number of aromatic amines is 1. The fraction of sp³-hybridized carbons (Fsp3) is 0.559. The van der Waals surface area contributed by atoms with Crippen LogP contribution in [0, 0.1) is 5.92 Å². The summed E-state index contributed by atoms with van der Waals surface area (Å²) in [7, 11) is 0. The SMILES string of the molecule is CC(C)(O)c1cnnn1[C@H]1C[C@@H](C(=O)NC2(C(=O)C(N)=O)CCOCC2)N(C(=O)C(CC2CCCCC2)=NC(=O)c2ccc3cn[nH]c3c2)C1. The number of likely N-dealkylation sites (tertiary alicyclic amines) is 1. The van der Waals surface area contributed by atoms with Crippen LogP contribution >= 0.6 is 0 Å². The minimum absolute atomic E-state index is 0.0266. The van der Waals surface area contributed by atoms with Gasteiger partial charge in [0.1, 0.15) is 22.9 Å². The second-order valence-corrected chi connectivity index (χ2v) is 14.1. The van der Waals surface area contributed by atoms with Crippen LogP contribution in [0.15, 0.2) is 35.6 Å². The van der Waals surface area contributed by atoms with E-state index in [0.29, 0.717) is 11.2 Å². The van der Waals surface area contributed by atoms with Gasteiger partial charge in [0.15, 0.2) is 0 Å².